The predicted octanol–water partition coefficient (Wildman–Crippen LogP) is 10.1. The second kappa shape index (κ2) is 12.9. The molecule has 3 aromatic carbocycles. The van der Waals surface area contributed by atoms with E-state index in [2.05, 4.69) is 68.4 Å². The topological polar surface area (TPSA) is 63.3 Å². The molecule has 221 valence electrons. The maximum atomic E-state index is 11.7. The number of aromatic nitrogens is 1. The van der Waals surface area contributed by atoms with E-state index >= 15 is 0 Å². The van der Waals surface area contributed by atoms with Crippen LogP contribution in [0.25, 0.3) is 44.0 Å². The van der Waals surface area contributed by atoms with Crippen molar-refractivity contribution < 1.29 is 34.4 Å². The molecule has 1 aliphatic rings. The fourth-order valence-electron chi connectivity index (χ4n) is 6.43. The summed E-state index contributed by atoms with van der Waals surface area (Å²) in [5.41, 5.74) is 6.26. The van der Waals surface area contributed by atoms with Gasteiger partial charge in [0, 0.05) is 55.0 Å². The van der Waals surface area contributed by atoms with Gasteiger partial charge in [-0.1, -0.05) is 88.7 Å². The number of benzene rings is 3. The quantitative estimate of drug-likeness (QED) is 0.103. The van der Waals surface area contributed by atoms with Crippen molar-refractivity contribution in [3.8, 4) is 11.3 Å². The Balaban J connectivity index is 0.000000221. The minimum atomic E-state index is -0.191. The van der Waals surface area contributed by atoms with Crippen molar-refractivity contribution in [1.29, 1.82) is 0 Å². The molecule has 5 heteroatoms. The van der Waals surface area contributed by atoms with Gasteiger partial charge in [-0.05, 0) is 54.5 Å². The molecule has 4 nitrogen and oxygen atoms in total. The van der Waals surface area contributed by atoms with Crippen LogP contribution in [-0.2, 0) is 30.3 Å². The molecule has 0 unspecified atom stereocenters. The number of aliphatic hydroxyl groups is 1. The predicted molar refractivity (Wildman–Crippen MR) is 169 cm³/mol. The van der Waals surface area contributed by atoms with Crippen LogP contribution in [0.15, 0.2) is 77.0 Å². The first-order chi connectivity index (χ1) is 19.8. The summed E-state index contributed by atoms with van der Waals surface area (Å²) in [4.78, 5) is 16.5. The normalized spacial score (nSPS) is 13.7. The fraction of sp³-hybridized carbons (Fsp3) is 0.351. The van der Waals surface area contributed by atoms with E-state index in [-0.39, 0.29) is 48.9 Å². The Morgan fingerprint density at radius 1 is 0.929 bits per heavy atom. The van der Waals surface area contributed by atoms with E-state index in [0.29, 0.717) is 0 Å². The molecule has 0 atom stereocenters. The molecule has 42 heavy (non-hydrogen) atoms. The summed E-state index contributed by atoms with van der Waals surface area (Å²) in [7, 11) is 0. The van der Waals surface area contributed by atoms with E-state index in [4.69, 9.17) is 9.40 Å². The Morgan fingerprint density at radius 3 is 2.29 bits per heavy atom. The Hall–Kier alpha value is -3.27. The van der Waals surface area contributed by atoms with Crippen LogP contribution in [0, 0.1) is 17.9 Å². The molecule has 0 spiro atoms. The minimum Gasteiger partial charge on any atom is -0.512 e. The summed E-state index contributed by atoms with van der Waals surface area (Å²) >= 11 is 0. The van der Waals surface area contributed by atoms with Crippen LogP contribution in [0.2, 0.25) is 0 Å². The third-order valence-corrected chi connectivity index (χ3v) is 8.88. The van der Waals surface area contributed by atoms with Gasteiger partial charge >= 0.3 is 0 Å². The number of nitrogens with zero attached hydrogens (tertiary/aromatic N) is 1. The van der Waals surface area contributed by atoms with E-state index in [1.165, 1.54) is 33.4 Å². The molecular formula is C37H40IrNO3-. The number of allylic oxidation sites excluding steroid dienone is 2. The summed E-state index contributed by atoms with van der Waals surface area (Å²) in [5.74, 6) is 0.547. The molecule has 2 heterocycles. The zero-order chi connectivity index (χ0) is 29.3. The smallest absolute Gasteiger partial charge is 0.162 e. The Labute approximate surface area is 262 Å². The number of furan rings is 1. The average Bonchev–Trinajstić information content (AvgIpc) is 3.33. The Morgan fingerprint density at radius 2 is 1.60 bits per heavy atom. The maximum absolute atomic E-state index is 11.7. The van der Waals surface area contributed by atoms with Crippen LogP contribution in [-0.4, -0.2) is 15.9 Å². The number of aliphatic hydroxyl groups excluding tert-OH is 1. The van der Waals surface area contributed by atoms with Gasteiger partial charge in [-0.15, -0.1) is 23.3 Å². The zero-order valence-electron chi connectivity index (χ0n) is 25.4. The number of hydrogen-bond acceptors (Lipinski definition) is 4. The third kappa shape index (κ3) is 5.45. The molecule has 0 fully saturated rings. The standard InChI is InChI=1S/C24H16NO.C13H24O2.Ir/c1-24(2)17-8-5-9-18-20(17)21-19(26-18)12-13-25-23(21)16-11-10-14-6-3-4-7-15(14)22(16)24;1-5-10(6-2)12(14)9-13(15)11(7-3)8-4;/h3-10,12-13H,1-2H3;9-11,14H,5-8H2,1-4H3;/q-1;;/b;12-9-;. The molecule has 0 saturated carbocycles. The van der Waals surface area contributed by atoms with Gasteiger partial charge in [0.2, 0.25) is 0 Å². The Kier molecular flexibility index (Phi) is 9.75. The van der Waals surface area contributed by atoms with Gasteiger partial charge in [0.25, 0.3) is 0 Å². The van der Waals surface area contributed by atoms with Gasteiger partial charge in [0.05, 0.1) is 5.76 Å². The molecule has 0 saturated heterocycles. The van der Waals surface area contributed by atoms with E-state index in [1.54, 1.807) is 0 Å². The van der Waals surface area contributed by atoms with E-state index < -0.39 is 0 Å². The summed E-state index contributed by atoms with van der Waals surface area (Å²) in [6.45, 7) is 12.7. The fourth-order valence-corrected chi connectivity index (χ4v) is 6.43. The van der Waals surface area contributed by atoms with Crippen LogP contribution in [0.3, 0.4) is 0 Å². The number of rotatable bonds is 7. The van der Waals surface area contributed by atoms with Crippen molar-refractivity contribution >= 4 is 38.5 Å². The molecule has 2 aromatic heterocycles. The van der Waals surface area contributed by atoms with Crippen molar-refractivity contribution in [1.82, 2.24) is 4.98 Å². The molecule has 0 bridgehead atoms. The van der Waals surface area contributed by atoms with Crippen LogP contribution in [0.5, 0.6) is 0 Å². The van der Waals surface area contributed by atoms with E-state index in [1.807, 2.05) is 40.0 Å². The first-order valence-electron chi connectivity index (χ1n) is 15.0. The van der Waals surface area contributed by atoms with Crippen LogP contribution >= 0.6 is 0 Å². The molecule has 6 rings (SSSR count). The second-order valence-corrected chi connectivity index (χ2v) is 11.6. The first kappa shape index (κ1) is 31.7. The van der Waals surface area contributed by atoms with Gasteiger partial charge in [-0.25, -0.2) is 0 Å². The largest absolute Gasteiger partial charge is 0.512 e. The van der Waals surface area contributed by atoms with Gasteiger partial charge in [0.15, 0.2) is 5.78 Å². The number of fused-ring (bicyclic) bond motifs is 4. The molecule has 1 aliphatic carbocycles. The number of hydrogen-bond donors (Lipinski definition) is 1. The summed E-state index contributed by atoms with van der Waals surface area (Å²) < 4.78 is 6.15. The van der Waals surface area contributed by atoms with Crippen molar-refractivity contribution in [3.63, 3.8) is 0 Å². The van der Waals surface area contributed by atoms with Crippen LogP contribution in [0.4, 0.5) is 0 Å². The molecule has 1 N–H and O–H groups in total. The average molecular weight is 739 g/mol. The van der Waals surface area contributed by atoms with E-state index in [9.17, 15) is 9.90 Å². The summed E-state index contributed by atoms with van der Waals surface area (Å²) in [6.07, 6.45) is 6.74. The van der Waals surface area contributed by atoms with Gasteiger partial charge in [0.1, 0.15) is 11.2 Å². The number of pyridine rings is 1. The van der Waals surface area contributed by atoms with Crippen LogP contribution in [0.1, 0.15) is 78.4 Å². The maximum Gasteiger partial charge on any atom is 0.162 e. The summed E-state index contributed by atoms with van der Waals surface area (Å²) in [6, 6.07) is 22.5. The van der Waals surface area contributed by atoms with E-state index in [0.717, 1.165) is 53.5 Å². The summed E-state index contributed by atoms with van der Waals surface area (Å²) in [5, 5.41) is 14.5. The minimum absolute atomic E-state index is 0. The van der Waals surface area contributed by atoms with Gasteiger partial charge in [-0.3, -0.25) is 4.79 Å². The molecule has 5 aromatic rings. The Bertz CT molecular complexity index is 1760. The molecule has 0 aliphatic heterocycles. The SMILES string of the molecule is CC1(C)c2c([c-]cc3ccccc23)-c2nccc3oc4cccc1c4c23.CCC(CC)C(=O)/C=C(\O)C(CC)CC.[Ir]. The number of carbonyl (C=O) groups is 1. The van der Waals surface area contributed by atoms with Crippen molar-refractivity contribution in [3.05, 3.63) is 89.8 Å². The molecular weight excluding hydrogens is 699 g/mol. The molecule has 0 amide bonds. The third-order valence-electron chi connectivity index (χ3n) is 8.88. The number of carbonyl (C=O) groups excluding carboxylic acids is 1. The van der Waals surface area contributed by atoms with Crippen molar-refractivity contribution in [2.24, 2.45) is 11.8 Å². The van der Waals surface area contributed by atoms with Gasteiger partial charge in [-0.2, -0.15) is 0 Å². The van der Waals surface area contributed by atoms with Crippen molar-refractivity contribution in [2.75, 3.05) is 0 Å². The second-order valence-electron chi connectivity index (χ2n) is 11.6. The van der Waals surface area contributed by atoms with Crippen molar-refractivity contribution in [2.45, 2.75) is 72.6 Å². The van der Waals surface area contributed by atoms with Crippen LogP contribution < -0.4 is 0 Å². The molecule has 1 radical (unpaired) electrons. The number of ketones is 1. The van der Waals surface area contributed by atoms with Gasteiger partial charge < -0.3 is 14.5 Å². The monoisotopic (exact) mass is 739 g/mol. The zero-order valence-corrected chi connectivity index (χ0v) is 27.8. The first-order valence-corrected chi connectivity index (χ1v) is 15.0.